The molecular weight excluding hydrogens is 346 g/mol. The molecule has 0 aliphatic rings. The Balaban J connectivity index is 1.97. The summed E-state index contributed by atoms with van der Waals surface area (Å²) in [7, 11) is 0. The fraction of sp³-hybridized carbons (Fsp3) is 0.286. The van der Waals surface area contributed by atoms with E-state index in [1.807, 2.05) is 43.5 Å². The molecule has 0 fully saturated rings. The average Bonchev–Trinajstić information content (AvgIpc) is 2.64. The molecule has 2 aromatic carbocycles. The number of nitrogens with zero attached hydrogens (tertiary/aromatic N) is 2. The van der Waals surface area contributed by atoms with Crippen LogP contribution in [0.15, 0.2) is 42.6 Å². The van der Waals surface area contributed by atoms with Gasteiger partial charge in [0.1, 0.15) is 5.75 Å². The summed E-state index contributed by atoms with van der Waals surface area (Å²) < 4.78 is 0. The van der Waals surface area contributed by atoms with Crippen LogP contribution in [-0.4, -0.2) is 28.1 Å². The van der Waals surface area contributed by atoms with Crippen LogP contribution in [0.25, 0.3) is 10.9 Å². The van der Waals surface area contributed by atoms with Crippen LogP contribution in [0.5, 0.6) is 5.75 Å². The van der Waals surface area contributed by atoms with E-state index in [1.54, 1.807) is 6.07 Å². The van der Waals surface area contributed by atoms with E-state index in [-0.39, 0.29) is 0 Å². The summed E-state index contributed by atoms with van der Waals surface area (Å²) in [6, 6.07) is 11.4. The van der Waals surface area contributed by atoms with Crippen LogP contribution >= 0.6 is 11.6 Å². The molecule has 26 heavy (non-hydrogen) atoms. The van der Waals surface area contributed by atoms with Crippen LogP contribution in [0.3, 0.4) is 0 Å². The average molecular weight is 370 g/mol. The second-order valence-corrected chi connectivity index (χ2v) is 6.84. The predicted molar refractivity (Wildman–Crippen MR) is 110 cm³/mol. The standard InChI is InChI=1S/C21H24ClN3O/c1-4-25(5-2)13-15-10-17(7-9-20(15)26)24-21-14(3)12-23-19-11-16(22)6-8-18(19)21/h6-12,26H,4-5,13H2,1-3H3,(H,23,24). The van der Waals surface area contributed by atoms with E-state index in [0.29, 0.717) is 10.8 Å². The molecule has 1 heterocycles. The summed E-state index contributed by atoms with van der Waals surface area (Å²) >= 11 is 6.09. The van der Waals surface area contributed by atoms with E-state index in [0.717, 1.165) is 53.0 Å². The van der Waals surface area contributed by atoms with Crippen molar-refractivity contribution in [1.82, 2.24) is 9.88 Å². The number of halogens is 1. The molecule has 0 bridgehead atoms. The fourth-order valence-corrected chi connectivity index (χ4v) is 3.22. The molecule has 136 valence electrons. The zero-order valence-electron chi connectivity index (χ0n) is 15.4. The predicted octanol–water partition coefficient (Wildman–Crippen LogP) is 5.49. The number of aromatic hydroxyl groups is 1. The zero-order valence-corrected chi connectivity index (χ0v) is 16.1. The van der Waals surface area contributed by atoms with E-state index in [1.165, 1.54) is 0 Å². The van der Waals surface area contributed by atoms with Crippen LogP contribution < -0.4 is 5.32 Å². The van der Waals surface area contributed by atoms with Gasteiger partial charge in [-0.15, -0.1) is 0 Å². The van der Waals surface area contributed by atoms with Gasteiger partial charge in [0.05, 0.1) is 11.2 Å². The SMILES string of the molecule is CCN(CC)Cc1cc(Nc2c(C)cnc3cc(Cl)ccc23)ccc1O. The van der Waals surface area contributed by atoms with Crippen LogP contribution in [0.1, 0.15) is 25.0 Å². The molecule has 0 spiro atoms. The van der Waals surface area contributed by atoms with Gasteiger partial charge in [0.25, 0.3) is 0 Å². The Labute approximate surface area is 159 Å². The van der Waals surface area contributed by atoms with Crippen molar-refractivity contribution in [2.75, 3.05) is 18.4 Å². The number of pyridine rings is 1. The number of hydrogen-bond acceptors (Lipinski definition) is 4. The van der Waals surface area contributed by atoms with Crippen molar-refractivity contribution in [3.05, 3.63) is 58.7 Å². The number of phenols is 1. The van der Waals surface area contributed by atoms with Crippen LogP contribution in [-0.2, 0) is 6.54 Å². The topological polar surface area (TPSA) is 48.4 Å². The fourth-order valence-electron chi connectivity index (χ4n) is 3.05. The number of nitrogens with one attached hydrogen (secondary N) is 1. The maximum absolute atomic E-state index is 10.2. The first-order valence-corrected chi connectivity index (χ1v) is 9.25. The summed E-state index contributed by atoms with van der Waals surface area (Å²) in [5, 5.41) is 15.4. The molecule has 0 unspecified atom stereocenters. The Hall–Kier alpha value is -2.30. The number of benzene rings is 2. The second kappa shape index (κ2) is 7.94. The molecule has 5 heteroatoms. The van der Waals surface area contributed by atoms with E-state index in [2.05, 4.69) is 29.0 Å². The lowest BCUT2D eigenvalue weighted by Gasteiger charge is -2.20. The van der Waals surface area contributed by atoms with Gasteiger partial charge in [0.15, 0.2) is 0 Å². The summed E-state index contributed by atoms with van der Waals surface area (Å²) in [6.45, 7) is 8.89. The maximum atomic E-state index is 10.2. The molecule has 0 amide bonds. The minimum atomic E-state index is 0.325. The Bertz CT molecular complexity index is 923. The third kappa shape index (κ3) is 3.92. The highest BCUT2D eigenvalue weighted by atomic mass is 35.5. The van der Waals surface area contributed by atoms with Crippen LogP contribution in [0.4, 0.5) is 11.4 Å². The highest BCUT2D eigenvalue weighted by Gasteiger charge is 2.10. The van der Waals surface area contributed by atoms with Crippen LogP contribution in [0, 0.1) is 6.92 Å². The highest BCUT2D eigenvalue weighted by Crippen LogP contribution is 2.32. The summed E-state index contributed by atoms with van der Waals surface area (Å²) in [6.07, 6.45) is 1.85. The first-order valence-electron chi connectivity index (χ1n) is 8.88. The van der Waals surface area contributed by atoms with Gasteiger partial charge in [-0.05, 0) is 62.0 Å². The van der Waals surface area contributed by atoms with Crippen molar-refractivity contribution in [3.8, 4) is 5.75 Å². The van der Waals surface area contributed by atoms with Crippen molar-refractivity contribution in [1.29, 1.82) is 0 Å². The van der Waals surface area contributed by atoms with Gasteiger partial charge in [-0.25, -0.2) is 0 Å². The lowest BCUT2D eigenvalue weighted by atomic mass is 10.1. The maximum Gasteiger partial charge on any atom is 0.120 e. The molecule has 2 N–H and O–H groups in total. The van der Waals surface area contributed by atoms with E-state index in [4.69, 9.17) is 11.6 Å². The van der Waals surface area contributed by atoms with Gasteiger partial charge < -0.3 is 10.4 Å². The number of aromatic nitrogens is 1. The molecule has 3 rings (SSSR count). The van der Waals surface area contributed by atoms with Crippen molar-refractivity contribution >= 4 is 33.9 Å². The van der Waals surface area contributed by atoms with Gasteiger partial charge >= 0.3 is 0 Å². The molecule has 4 nitrogen and oxygen atoms in total. The van der Waals surface area contributed by atoms with E-state index < -0.39 is 0 Å². The number of hydrogen-bond donors (Lipinski definition) is 2. The first kappa shape index (κ1) is 18.5. The zero-order chi connectivity index (χ0) is 18.7. The van der Waals surface area contributed by atoms with Crippen molar-refractivity contribution in [3.63, 3.8) is 0 Å². The van der Waals surface area contributed by atoms with Gasteiger partial charge in [0, 0.05) is 34.4 Å². The number of fused-ring (bicyclic) bond motifs is 1. The van der Waals surface area contributed by atoms with Gasteiger partial charge in [-0.3, -0.25) is 9.88 Å². The van der Waals surface area contributed by atoms with Crippen molar-refractivity contribution in [2.24, 2.45) is 0 Å². The normalized spacial score (nSPS) is 11.3. The third-order valence-electron chi connectivity index (χ3n) is 4.66. The van der Waals surface area contributed by atoms with Gasteiger partial charge in [-0.1, -0.05) is 25.4 Å². The molecule has 0 atom stereocenters. The smallest absolute Gasteiger partial charge is 0.120 e. The van der Waals surface area contributed by atoms with Crippen LogP contribution in [0.2, 0.25) is 5.02 Å². The first-order chi connectivity index (χ1) is 12.5. The Morgan fingerprint density at radius 2 is 1.88 bits per heavy atom. The molecular formula is C21H24ClN3O. The van der Waals surface area contributed by atoms with E-state index >= 15 is 0 Å². The molecule has 0 aliphatic carbocycles. The highest BCUT2D eigenvalue weighted by molar-refractivity contribution is 6.31. The molecule has 0 saturated heterocycles. The molecule has 0 aliphatic heterocycles. The summed E-state index contributed by atoms with van der Waals surface area (Å²) in [4.78, 5) is 6.74. The molecule has 0 saturated carbocycles. The summed E-state index contributed by atoms with van der Waals surface area (Å²) in [5.74, 6) is 0.325. The molecule has 1 aromatic heterocycles. The molecule has 0 radical (unpaired) electrons. The molecule has 3 aromatic rings. The van der Waals surface area contributed by atoms with Crippen molar-refractivity contribution < 1.29 is 5.11 Å². The number of rotatable bonds is 6. The Morgan fingerprint density at radius 1 is 1.12 bits per heavy atom. The van der Waals surface area contributed by atoms with E-state index in [9.17, 15) is 5.11 Å². The van der Waals surface area contributed by atoms with Crippen molar-refractivity contribution in [2.45, 2.75) is 27.3 Å². The minimum Gasteiger partial charge on any atom is -0.508 e. The number of anilines is 2. The summed E-state index contributed by atoms with van der Waals surface area (Å²) in [5.41, 5.74) is 4.77. The number of aryl methyl sites for hydroxylation is 1. The lowest BCUT2D eigenvalue weighted by molar-refractivity contribution is 0.291. The Morgan fingerprint density at radius 3 is 2.62 bits per heavy atom. The largest absolute Gasteiger partial charge is 0.508 e. The monoisotopic (exact) mass is 369 g/mol. The third-order valence-corrected chi connectivity index (χ3v) is 4.89. The Kier molecular flexibility index (Phi) is 5.64. The lowest BCUT2D eigenvalue weighted by Crippen LogP contribution is -2.22. The number of phenolic OH excluding ortho intramolecular Hbond substituents is 1. The quantitative estimate of drug-likeness (QED) is 0.564. The minimum absolute atomic E-state index is 0.325. The van der Waals surface area contributed by atoms with Gasteiger partial charge in [-0.2, -0.15) is 0 Å². The second-order valence-electron chi connectivity index (χ2n) is 6.41. The van der Waals surface area contributed by atoms with Gasteiger partial charge in [0.2, 0.25) is 0 Å².